The Balaban J connectivity index is 1.21. The van der Waals surface area contributed by atoms with Crippen molar-refractivity contribution in [2.24, 2.45) is 5.92 Å². The number of ether oxygens (including phenoxy) is 1. The predicted octanol–water partition coefficient (Wildman–Crippen LogP) is 5.33. The normalized spacial score (nSPS) is 18.6. The molecule has 1 amide bonds. The first-order chi connectivity index (χ1) is 18.1. The molecule has 2 fully saturated rings. The summed E-state index contributed by atoms with van der Waals surface area (Å²) in [7, 11) is 0. The maximum Gasteiger partial charge on any atom is 0.410 e. The van der Waals surface area contributed by atoms with Gasteiger partial charge in [-0.2, -0.15) is 14.8 Å². The average molecular weight is 527 g/mol. The molecule has 2 aromatic heterocycles. The van der Waals surface area contributed by atoms with E-state index in [0.717, 1.165) is 69.4 Å². The van der Waals surface area contributed by atoms with E-state index in [-0.39, 0.29) is 23.8 Å². The third-order valence-electron chi connectivity index (χ3n) is 7.46. The molecule has 0 aliphatic carbocycles. The molecule has 10 heteroatoms. The zero-order valence-electron chi connectivity index (χ0n) is 23.1. The van der Waals surface area contributed by atoms with Crippen LogP contribution in [0.5, 0.6) is 0 Å². The van der Waals surface area contributed by atoms with Gasteiger partial charge in [0.25, 0.3) is 5.95 Å². The van der Waals surface area contributed by atoms with E-state index in [0.29, 0.717) is 23.4 Å². The second-order valence-electron chi connectivity index (χ2n) is 12.0. The first kappa shape index (κ1) is 26.6. The number of para-hydroxylation sites is 1. The highest BCUT2D eigenvalue weighted by molar-refractivity contribution is 5.83. The number of nitrogens with zero attached hydrogens (tertiary/aromatic N) is 6. The lowest BCUT2D eigenvalue weighted by Crippen LogP contribution is -2.49. The van der Waals surface area contributed by atoms with Gasteiger partial charge in [0.05, 0.1) is 5.69 Å². The largest absolute Gasteiger partial charge is 0.444 e. The van der Waals surface area contributed by atoms with Gasteiger partial charge in [0.15, 0.2) is 0 Å². The van der Waals surface area contributed by atoms with E-state index in [1.165, 1.54) is 10.7 Å². The summed E-state index contributed by atoms with van der Waals surface area (Å²) in [5.41, 5.74) is 0.759. The van der Waals surface area contributed by atoms with Crippen molar-refractivity contribution in [2.75, 3.05) is 26.2 Å². The molecule has 0 saturated carbocycles. The Morgan fingerprint density at radius 1 is 1.13 bits per heavy atom. The number of carbonyl (C=O) groups excluding carboxylic acids is 1. The van der Waals surface area contributed by atoms with Crippen LogP contribution in [0, 0.1) is 11.7 Å². The van der Waals surface area contributed by atoms with Crippen LogP contribution in [0.15, 0.2) is 22.7 Å². The van der Waals surface area contributed by atoms with Crippen LogP contribution in [-0.2, 0) is 11.2 Å². The lowest BCUT2D eigenvalue weighted by atomic mass is 9.93. The van der Waals surface area contributed by atoms with Crippen LogP contribution < -0.4 is 0 Å². The maximum absolute atomic E-state index is 14.8. The number of rotatable bonds is 5. The molecular weight excluding hydrogens is 487 g/mol. The molecule has 2 aliphatic rings. The van der Waals surface area contributed by atoms with Crippen LogP contribution in [0.2, 0.25) is 0 Å². The number of fused-ring (bicyclic) bond motifs is 1. The summed E-state index contributed by atoms with van der Waals surface area (Å²) >= 11 is 0. The fraction of sp³-hybridized carbons (Fsp3) is 0.643. The molecule has 0 spiro atoms. The van der Waals surface area contributed by atoms with Gasteiger partial charge in [-0.25, -0.2) is 9.18 Å². The van der Waals surface area contributed by atoms with Crippen molar-refractivity contribution in [1.29, 1.82) is 0 Å². The minimum absolute atomic E-state index is 0.163. The second-order valence-corrected chi connectivity index (χ2v) is 12.0. The highest BCUT2D eigenvalue weighted by atomic mass is 19.1. The zero-order valence-corrected chi connectivity index (χ0v) is 23.1. The fourth-order valence-electron chi connectivity index (χ4n) is 5.60. The van der Waals surface area contributed by atoms with Crippen LogP contribution >= 0.6 is 0 Å². The van der Waals surface area contributed by atoms with Gasteiger partial charge in [-0.3, -0.25) is 0 Å². The van der Waals surface area contributed by atoms with Crippen molar-refractivity contribution < 1.29 is 18.4 Å². The van der Waals surface area contributed by atoms with Gasteiger partial charge >= 0.3 is 6.09 Å². The van der Waals surface area contributed by atoms with Crippen molar-refractivity contribution in [3.05, 3.63) is 35.6 Å². The first-order valence-electron chi connectivity index (χ1n) is 13.8. The molecule has 38 heavy (non-hydrogen) atoms. The molecule has 0 bridgehead atoms. The standard InChI is InChI=1S/C28H39FN6O3/c1-18(2)17-23-21-7-6-8-22(29)24(21)35(31-23)26-30-25(38-32-26)19-9-13-33(14-10-19)20-11-15-34(16-12-20)27(36)37-28(3,4)5/h6-8,18-20H,9-17H2,1-5H3. The Morgan fingerprint density at radius 3 is 2.50 bits per heavy atom. The molecule has 0 atom stereocenters. The quantitative estimate of drug-likeness (QED) is 0.444. The maximum atomic E-state index is 14.8. The summed E-state index contributed by atoms with van der Waals surface area (Å²) in [5.74, 6) is 1.07. The van der Waals surface area contributed by atoms with E-state index in [1.807, 2.05) is 31.7 Å². The summed E-state index contributed by atoms with van der Waals surface area (Å²) in [6.07, 6.45) is 4.26. The Labute approximate surface area is 223 Å². The van der Waals surface area contributed by atoms with E-state index in [9.17, 15) is 9.18 Å². The molecule has 1 aromatic carbocycles. The summed E-state index contributed by atoms with van der Waals surface area (Å²) in [4.78, 5) is 21.4. The van der Waals surface area contributed by atoms with Gasteiger partial charge in [0.2, 0.25) is 5.89 Å². The number of piperidine rings is 2. The summed E-state index contributed by atoms with van der Waals surface area (Å²) in [5, 5.41) is 9.65. The van der Waals surface area contributed by atoms with Crippen LogP contribution in [0.1, 0.15) is 77.8 Å². The lowest BCUT2D eigenvalue weighted by Gasteiger charge is -2.41. The SMILES string of the molecule is CC(C)Cc1nn(-c2noc(C3CCN(C4CCN(C(=O)OC(C)(C)C)CC4)CC3)n2)c2c(F)cccc12. The number of hydrogen-bond acceptors (Lipinski definition) is 7. The van der Waals surface area contributed by atoms with E-state index in [2.05, 4.69) is 34.0 Å². The Kier molecular flexibility index (Phi) is 7.44. The molecule has 0 N–H and O–H groups in total. The molecule has 0 unspecified atom stereocenters. The lowest BCUT2D eigenvalue weighted by molar-refractivity contribution is 0.0124. The summed E-state index contributed by atoms with van der Waals surface area (Å²) in [6.45, 7) is 13.3. The Bertz CT molecular complexity index is 1260. The van der Waals surface area contributed by atoms with Gasteiger partial charge in [0, 0.05) is 30.4 Å². The van der Waals surface area contributed by atoms with Crippen LogP contribution in [0.25, 0.3) is 16.9 Å². The molecular formula is C28H39FN6O3. The van der Waals surface area contributed by atoms with Crippen molar-refractivity contribution in [3.8, 4) is 5.95 Å². The van der Waals surface area contributed by atoms with E-state index in [4.69, 9.17) is 9.26 Å². The van der Waals surface area contributed by atoms with E-state index >= 15 is 0 Å². The molecule has 2 aliphatic heterocycles. The predicted molar refractivity (Wildman–Crippen MR) is 142 cm³/mol. The number of amides is 1. The van der Waals surface area contributed by atoms with E-state index in [1.54, 1.807) is 6.07 Å². The Morgan fingerprint density at radius 2 is 1.84 bits per heavy atom. The number of carbonyl (C=O) groups is 1. The number of hydrogen-bond donors (Lipinski definition) is 0. The molecule has 5 rings (SSSR count). The van der Waals surface area contributed by atoms with Crippen molar-refractivity contribution >= 4 is 17.0 Å². The van der Waals surface area contributed by atoms with Crippen molar-refractivity contribution in [1.82, 2.24) is 29.7 Å². The Hall–Kier alpha value is -3.01. The minimum atomic E-state index is -0.473. The molecule has 0 radical (unpaired) electrons. The number of likely N-dealkylation sites (tertiary alicyclic amines) is 2. The number of aromatic nitrogens is 4. The van der Waals surface area contributed by atoms with Gasteiger partial charge in [-0.05, 0) is 83.1 Å². The van der Waals surface area contributed by atoms with Gasteiger partial charge in [-0.15, -0.1) is 0 Å². The minimum Gasteiger partial charge on any atom is -0.444 e. The molecule has 4 heterocycles. The monoisotopic (exact) mass is 526 g/mol. The summed E-state index contributed by atoms with van der Waals surface area (Å²) < 4.78 is 27.5. The first-order valence-corrected chi connectivity index (χ1v) is 13.8. The highest BCUT2D eigenvalue weighted by Gasteiger charge is 2.33. The smallest absolute Gasteiger partial charge is 0.410 e. The third-order valence-corrected chi connectivity index (χ3v) is 7.46. The topological polar surface area (TPSA) is 89.5 Å². The number of benzene rings is 1. The zero-order chi connectivity index (χ0) is 27.0. The van der Waals surface area contributed by atoms with Crippen molar-refractivity contribution in [3.63, 3.8) is 0 Å². The van der Waals surface area contributed by atoms with Crippen LogP contribution in [0.3, 0.4) is 0 Å². The van der Waals surface area contributed by atoms with E-state index < -0.39 is 5.60 Å². The summed E-state index contributed by atoms with van der Waals surface area (Å²) in [6, 6.07) is 5.51. The third kappa shape index (κ3) is 5.70. The fourth-order valence-corrected chi connectivity index (χ4v) is 5.60. The van der Waals surface area contributed by atoms with Crippen LogP contribution in [0.4, 0.5) is 9.18 Å². The molecule has 2 saturated heterocycles. The molecule has 206 valence electrons. The van der Waals surface area contributed by atoms with Gasteiger partial charge in [-0.1, -0.05) is 26.0 Å². The number of halogens is 1. The average Bonchev–Trinajstić information content (AvgIpc) is 3.49. The molecule has 9 nitrogen and oxygen atoms in total. The second kappa shape index (κ2) is 10.6. The van der Waals surface area contributed by atoms with Gasteiger partial charge < -0.3 is 19.1 Å². The van der Waals surface area contributed by atoms with Crippen LogP contribution in [-0.4, -0.2) is 73.6 Å². The van der Waals surface area contributed by atoms with Gasteiger partial charge in [0.1, 0.15) is 16.9 Å². The highest BCUT2D eigenvalue weighted by Crippen LogP contribution is 2.31. The molecule has 3 aromatic rings. The van der Waals surface area contributed by atoms with Crippen molar-refractivity contribution in [2.45, 2.75) is 84.3 Å².